The van der Waals surface area contributed by atoms with E-state index in [1.54, 1.807) is 36.5 Å². The highest BCUT2D eigenvalue weighted by Crippen LogP contribution is 2.27. The minimum Gasteiger partial charge on any atom is -0.290 e. The fraction of sp³-hybridized carbons (Fsp3) is 0.263. The van der Waals surface area contributed by atoms with Crippen LogP contribution < -0.4 is 15.6 Å². The third-order valence-electron chi connectivity index (χ3n) is 4.43. The van der Waals surface area contributed by atoms with E-state index >= 15 is 0 Å². The Bertz CT molecular complexity index is 1100. The number of nitrogens with zero attached hydrogens (tertiary/aromatic N) is 3. The number of sulfonamides is 1. The van der Waals surface area contributed by atoms with Crippen molar-refractivity contribution in [1.29, 1.82) is 0 Å². The summed E-state index contributed by atoms with van der Waals surface area (Å²) in [5.41, 5.74) is 4.64. The molecule has 148 valence electrons. The number of benzene rings is 2. The van der Waals surface area contributed by atoms with Gasteiger partial charge in [0.1, 0.15) is 0 Å². The number of fused-ring (bicyclic) bond motifs is 1. The first-order chi connectivity index (χ1) is 13.2. The molecule has 3 rings (SSSR count). The molecule has 28 heavy (non-hydrogen) atoms. The smallest absolute Gasteiger partial charge is 0.265 e. The quantitative estimate of drug-likeness (QED) is 0.374. The number of carbonyl (C=O) groups is 1. The summed E-state index contributed by atoms with van der Waals surface area (Å²) in [6.07, 6.45) is 2.94. The molecule has 1 heterocycles. The maximum atomic E-state index is 12.5. The van der Waals surface area contributed by atoms with Gasteiger partial charge in [0.15, 0.2) is 0 Å². The first-order valence-corrected chi connectivity index (χ1v) is 10.6. The SMILES string of the molecule is CC(C)n1ncc2ccc(N(Cc3ccc(C(=O)NN)cc3)S(C)(=O)=O)cc21. The Kier molecular flexibility index (Phi) is 5.39. The monoisotopic (exact) mass is 401 g/mol. The fourth-order valence-corrected chi connectivity index (χ4v) is 3.88. The lowest BCUT2D eigenvalue weighted by atomic mass is 10.1. The Morgan fingerprint density at radius 3 is 2.46 bits per heavy atom. The predicted octanol–water partition coefficient (Wildman–Crippen LogP) is 2.19. The molecule has 0 fully saturated rings. The van der Waals surface area contributed by atoms with E-state index in [1.807, 2.05) is 30.7 Å². The minimum absolute atomic E-state index is 0.144. The van der Waals surface area contributed by atoms with Gasteiger partial charge in [0.25, 0.3) is 5.91 Å². The molecular formula is C19H23N5O3S. The Morgan fingerprint density at radius 1 is 1.21 bits per heavy atom. The van der Waals surface area contributed by atoms with Crippen LogP contribution in [0.4, 0.5) is 5.69 Å². The molecule has 1 amide bonds. The molecule has 8 nitrogen and oxygen atoms in total. The number of nitrogens with two attached hydrogens (primary N) is 1. The molecule has 0 spiro atoms. The molecule has 0 saturated heterocycles. The molecule has 3 N–H and O–H groups in total. The van der Waals surface area contributed by atoms with Crippen LogP contribution >= 0.6 is 0 Å². The Hall–Kier alpha value is -2.91. The Balaban J connectivity index is 1.98. The Morgan fingerprint density at radius 2 is 1.89 bits per heavy atom. The molecule has 0 atom stereocenters. The molecule has 9 heteroatoms. The maximum Gasteiger partial charge on any atom is 0.265 e. The Labute approximate surface area is 164 Å². The van der Waals surface area contributed by atoms with Crippen molar-refractivity contribution in [2.75, 3.05) is 10.6 Å². The molecule has 1 aromatic heterocycles. The van der Waals surface area contributed by atoms with Gasteiger partial charge in [-0.15, -0.1) is 0 Å². The van der Waals surface area contributed by atoms with Gasteiger partial charge in [-0.2, -0.15) is 5.10 Å². The van der Waals surface area contributed by atoms with Gasteiger partial charge in [0.05, 0.1) is 30.2 Å². The van der Waals surface area contributed by atoms with Crippen molar-refractivity contribution in [3.63, 3.8) is 0 Å². The summed E-state index contributed by atoms with van der Waals surface area (Å²) in [6.45, 7) is 4.18. The van der Waals surface area contributed by atoms with Crippen LogP contribution in [0.1, 0.15) is 35.8 Å². The van der Waals surface area contributed by atoms with Crippen LogP contribution in [-0.2, 0) is 16.6 Å². The molecule has 0 aliphatic rings. The third kappa shape index (κ3) is 4.00. The number of hydrazine groups is 1. The van der Waals surface area contributed by atoms with Crippen molar-refractivity contribution in [3.05, 3.63) is 59.8 Å². The summed E-state index contributed by atoms with van der Waals surface area (Å²) in [5, 5.41) is 5.32. The second-order valence-corrected chi connectivity index (χ2v) is 8.77. The van der Waals surface area contributed by atoms with Crippen LogP contribution in [0.5, 0.6) is 0 Å². The van der Waals surface area contributed by atoms with Crippen molar-refractivity contribution in [2.24, 2.45) is 5.84 Å². The van der Waals surface area contributed by atoms with Gasteiger partial charge in [-0.3, -0.25) is 19.2 Å². The molecule has 0 unspecified atom stereocenters. The van der Waals surface area contributed by atoms with E-state index in [2.05, 4.69) is 10.5 Å². The number of amides is 1. The summed E-state index contributed by atoms with van der Waals surface area (Å²) >= 11 is 0. The molecule has 0 radical (unpaired) electrons. The standard InChI is InChI=1S/C19H23N5O3S/c1-13(2)24-18-10-17(9-8-16(18)11-21-24)23(28(3,26)27)12-14-4-6-15(7-5-14)19(25)22-20/h4-11,13H,12,20H2,1-3H3,(H,22,25). The second-order valence-electron chi connectivity index (χ2n) is 6.87. The number of nitrogens with one attached hydrogen (secondary N) is 1. The number of nitrogen functional groups attached to an aromatic ring is 1. The van der Waals surface area contributed by atoms with E-state index in [-0.39, 0.29) is 12.6 Å². The van der Waals surface area contributed by atoms with Crippen LogP contribution in [0.3, 0.4) is 0 Å². The highest BCUT2D eigenvalue weighted by Gasteiger charge is 2.19. The number of rotatable bonds is 6. The maximum absolute atomic E-state index is 12.5. The number of hydrogen-bond donors (Lipinski definition) is 2. The van der Waals surface area contributed by atoms with Gasteiger partial charge in [-0.25, -0.2) is 14.3 Å². The fourth-order valence-electron chi connectivity index (χ4n) is 3.00. The van der Waals surface area contributed by atoms with Gasteiger partial charge in [-0.1, -0.05) is 12.1 Å². The number of hydrogen-bond acceptors (Lipinski definition) is 5. The number of carbonyl (C=O) groups excluding carboxylic acids is 1. The molecule has 0 aliphatic heterocycles. The number of anilines is 1. The van der Waals surface area contributed by atoms with Gasteiger partial charge >= 0.3 is 0 Å². The van der Waals surface area contributed by atoms with Crippen molar-refractivity contribution in [3.8, 4) is 0 Å². The van der Waals surface area contributed by atoms with Gasteiger partial charge in [-0.05, 0) is 49.7 Å². The van der Waals surface area contributed by atoms with Gasteiger partial charge in [0, 0.05) is 17.0 Å². The largest absolute Gasteiger partial charge is 0.290 e. The summed E-state index contributed by atoms with van der Waals surface area (Å²) in [6, 6.07) is 12.2. The lowest BCUT2D eigenvalue weighted by Crippen LogP contribution is -2.30. The van der Waals surface area contributed by atoms with E-state index in [9.17, 15) is 13.2 Å². The molecular weight excluding hydrogens is 378 g/mol. The van der Waals surface area contributed by atoms with Crippen molar-refractivity contribution >= 4 is 32.5 Å². The zero-order valence-electron chi connectivity index (χ0n) is 16.0. The summed E-state index contributed by atoms with van der Waals surface area (Å²) < 4.78 is 28.1. The van der Waals surface area contributed by atoms with Crippen LogP contribution in [0, 0.1) is 0 Å². The predicted molar refractivity (Wildman–Crippen MR) is 109 cm³/mol. The highest BCUT2D eigenvalue weighted by atomic mass is 32.2. The molecule has 0 aliphatic carbocycles. The topological polar surface area (TPSA) is 110 Å². The van der Waals surface area contributed by atoms with Crippen LogP contribution in [0.2, 0.25) is 0 Å². The van der Waals surface area contributed by atoms with Crippen LogP contribution in [-0.4, -0.2) is 30.4 Å². The normalized spacial score (nSPS) is 11.8. The summed E-state index contributed by atoms with van der Waals surface area (Å²) in [7, 11) is -3.53. The first kappa shape index (κ1) is 19.8. The van der Waals surface area contributed by atoms with E-state index in [0.29, 0.717) is 11.3 Å². The third-order valence-corrected chi connectivity index (χ3v) is 5.57. The molecule has 0 saturated carbocycles. The first-order valence-electron chi connectivity index (χ1n) is 8.75. The summed E-state index contributed by atoms with van der Waals surface area (Å²) in [4.78, 5) is 11.6. The summed E-state index contributed by atoms with van der Waals surface area (Å²) in [5.74, 6) is 4.73. The van der Waals surface area contributed by atoms with E-state index in [4.69, 9.17) is 5.84 Å². The minimum atomic E-state index is -3.53. The average Bonchev–Trinajstić information content (AvgIpc) is 3.08. The van der Waals surface area contributed by atoms with Crippen molar-refractivity contribution < 1.29 is 13.2 Å². The van der Waals surface area contributed by atoms with Crippen molar-refractivity contribution in [2.45, 2.75) is 26.4 Å². The highest BCUT2D eigenvalue weighted by molar-refractivity contribution is 7.92. The van der Waals surface area contributed by atoms with Crippen LogP contribution in [0.25, 0.3) is 10.9 Å². The average molecular weight is 401 g/mol. The van der Waals surface area contributed by atoms with E-state index in [0.717, 1.165) is 16.5 Å². The van der Waals surface area contributed by atoms with Crippen molar-refractivity contribution in [1.82, 2.24) is 15.2 Å². The van der Waals surface area contributed by atoms with Gasteiger partial charge in [0.2, 0.25) is 10.0 Å². The number of aromatic nitrogens is 2. The lowest BCUT2D eigenvalue weighted by molar-refractivity contribution is 0.0953. The molecule has 0 bridgehead atoms. The zero-order valence-corrected chi connectivity index (χ0v) is 16.8. The van der Waals surface area contributed by atoms with Gasteiger partial charge < -0.3 is 0 Å². The van der Waals surface area contributed by atoms with E-state index in [1.165, 1.54) is 10.6 Å². The second kappa shape index (κ2) is 7.61. The molecule has 3 aromatic rings. The zero-order chi connectivity index (χ0) is 20.5. The lowest BCUT2D eigenvalue weighted by Gasteiger charge is -2.23. The van der Waals surface area contributed by atoms with E-state index < -0.39 is 15.9 Å². The molecule has 2 aromatic carbocycles. The van der Waals surface area contributed by atoms with Crippen LogP contribution in [0.15, 0.2) is 48.7 Å².